The highest BCUT2D eigenvalue weighted by Crippen LogP contribution is 2.61. The first-order chi connectivity index (χ1) is 33.2. The largest absolute Gasteiger partial charge is 0.456 e. The average molecular weight is 852 g/mol. The molecule has 0 atom stereocenters. The smallest absolute Gasteiger partial charge is 0.162 e. The summed E-state index contributed by atoms with van der Waals surface area (Å²) in [6.45, 7) is 0. The Kier molecular flexibility index (Phi) is 7.40. The molecule has 14 aromatic rings. The fourth-order valence-electron chi connectivity index (χ4n) is 11.9. The predicted molar refractivity (Wildman–Crippen MR) is 276 cm³/mol. The predicted octanol–water partition coefficient (Wildman–Crippen LogP) is 16.1. The van der Waals surface area contributed by atoms with Gasteiger partial charge in [-0.1, -0.05) is 182 Å². The number of rotatable bonds is 4. The standard InChI is InChI=1S/C63H37N3O/c1-3-19-41(20-4-1)63(42-21-5-2-6-22-42)51-28-14-11-26-47(51)58-46-25-10-9-24-45(46)57-49(60(58)63)33-34-54-59(57)48-27-12-15-29-53(48)66(54)62-50-35-38-17-7-8-18-39(38)36-52(50)64-61(65-62)40-31-32-44-43-23-13-16-30-55(43)67-56(44)37-40/h1-37H. The molecule has 3 aromatic heterocycles. The number of hydrogen-bond acceptors (Lipinski definition) is 3. The highest BCUT2D eigenvalue weighted by atomic mass is 16.3. The lowest BCUT2D eigenvalue weighted by Crippen LogP contribution is -2.28. The summed E-state index contributed by atoms with van der Waals surface area (Å²) in [6.07, 6.45) is 0. The summed E-state index contributed by atoms with van der Waals surface area (Å²) >= 11 is 0. The molecule has 0 spiro atoms. The van der Waals surface area contributed by atoms with Gasteiger partial charge >= 0.3 is 0 Å². The van der Waals surface area contributed by atoms with E-state index in [2.05, 4.69) is 217 Å². The Morgan fingerprint density at radius 3 is 1.84 bits per heavy atom. The normalized spacial score (nSPS) is 13.2. The maximum absolute atomic E-state index is 6.42. The van der Waals surface area contributed by atoms with Gasteiger partial charge in [0.2, 0.25) is 0 Å². The Morgan fingerprint density at radius 1 is 0.403 bits per heavy atom. The van der Waals surface area contributed by atoms with E-state index in [0.29, 0.717) is 5.82 Å². The third-order valence-corrected chi connectivity index (χ3v) is 14.6. The summed E-state index contributed by atoms with van der Waals surface area (Å²) in [7, 11) is 0. The molecule has 0 N–H and O–H groups in total. The number of benzene rings is 11. The maximum Gasteiger partial charge on any atom is 0.162 e. The summed E-state index contributed by atoms with van der Waals surface area (Å²) < 4.78 is 8.81. The van der Waals surface area contributed by atoms with Gasteiger partial charge in [0.25, 0.3) is 0 Å². The molecule has 1 aliphatic rings. The lowest BCUT2D eigenvalue weighted by Gasteiger charge is -2.35. The minimum absolute atomic E-state index is 0.581. The van der Waals surface area contributed by atoms with Crippen LogP contribution in [0.4, 0.5) is 0 Å². The van der Waals surface area contributed by atoms with E-state index in [1.807, 2.05) is 12.1 Å². The Balaban J connectivity index is 1.10. The molecule has 0 radical (unpaired) electrons. The van der Waals surface area contributed by atoms with Gasteiger partial charge in [0, 0.05) is 32.5 Å². The Morgan fingerprint density at radius 2 is 1.03 bits per heavy atom. The molecule has 0 saturated heterocycles. The van der Waals surface area contributed by atoms with Gasteiger partial charge in [0.05, 0.1) is 22.0 Å². The van der Waals surface area contributed by atoms with Crippen LogP contribution in [0.25, 0.3) is 115 Å². The van der Waals surface area contributed by atoms with Gasteiger partial charge in [-0.3, -0.25) is 4.57 Å². The summed E-state index contributed by atoms with van der Waals surface area (Å²) in [4.78, 5) is 11.0. The molecule has 0 aliphatic heterocycles. The van der Waals surface area contributed by atoms with E-state index in [-0.39, 0.29) is 0 Å². The lowest BCUT2D eigenvalue weighted by atomic mass is 9.66. The van der Waals surface area contributed by atoms with Crippen LogP contribution in [-0.2, 0) is 5.41 Å². The van der Waals surface area contributed by atoms with Crippen LogP contribution in [0.2, 0.25) is 0 Å². The highest BCUT2D eigenvalue weighted by molar-refractivity contribution is 6.32. The molecule has 0 bridgehead atoms. The molecular weight excluding hydrogens is 815 g/mol. The Bertz CT molecular complexity index is 4350. The first-order valence-electron chi connectivity index (χ1n) is 23.0. The Labute approximate surface area is 384 Å². The van der Waals surface area contributed by atoms with Crippen molar-refractivity contribution in [3.63, 3.8) is 0 Å². The third kappa shape index (κ3) is 4.91. The van der Waals surface area contributed by atoms with Crippen LogP contribution < -0.4 is 0 Å². The minimum Gasteiger partial charge on any atom is -0.456 e. The quantitative estimate of drug-likeness (QED) is 0.131. The van der Waals surface area contributed by atoms with E-state index in [9.17, 15) is 0 Å². The molecule has 0 saturated carbocycles. The summed E-state index contributed by atoms with van der Waals surface area (Å²) in [6, 6.07) is 81.6. The molecule has 0 amide bonds. The molecular formula is C63H37N3O. The van der Waals surface area contributed by atoms with Crippen LogP contribution in [0.3, 0.4) is 0 Å². The zero-order chi connectivity index (χ0) is 43.8. The molecule has 1 aliphatic carbocycles. The van der Waals surface area contributed by atoms with Gasteiger partial charge in [-0.2, -0.15) is 0 Å². The molecule has 0 unspecified atom stereocenters. The number of aromatic nitrogens is 3. The van der Waals surface area contributed by atoms with Gasteiger partial charge in [-0.25, -0.2) is 9.97 Å². The van der Waals surface area contributed by atoms with Crippen molar-refractivity contribution in [1.82, 2.24) is 14.5 Å². The van der Waals surface area contributed by atoms with Crippen LogP contribution in [0.15, 0.2) is 229 Å². The topological polar surface area (TPSA) is 43.9 Å². The van der Waals surface area contributed by atoms with E-state index in [1.54, 1.807) is 0 Å². The van der Waals surface area contributed by atoms with Gasteiger partial charge < -0.3 is 4.42 Å². The van der Waals surface area contributed by atoms with E-state index in [4.69, 9.17) is 14.4 Å². The first kappa shape index (κ1) is 36.5. The van der Waals surface area contributed by atoms with Gasteiger partial charge in [-0.05, 0) is 108 Å². The summed E-state index contributed by atoms with van der Waals surface area (Å²) in [5.41, 5.74) is 12.7. The van der Waals surface area contributed by atoms with Crippen molar-refractivity contribution >= 4 is 87.0 Å². The molecule has 4 heteroatoms. The molecule has 3 heterocycles. The number of para-hydroxylation sites is 2. The van der Waals surface area contributed by atoms with Crippen molar-refractivity contribution in [2.75, 3.05) is 0 Å². The average Bonchev–Trinajstić information content (AvgIpc) is 4.05. The fraction of sp³-hybridized carbons (Fsp3) is 0.0159. The van der Waals surface area contributed by atoms with Crippen LogP contribution >= 0.6 is 0 Å². The van der Waals surface area contributed by atoms with Gasteiger partial charge in [0.15, 0.2) is 5.82 Å². The van der Waals surface area contributed by atoms with Crippen molar-refractivity contribution in [2.45, 2.75) is 5.41 Å². The van der Waals surface area contributed by atoms with Crippen molar-refractivity contribution in [1.29, 1.82) is 0 Å². The molecule has 67 heavy (non-hydrogen) atoms. The molecule has 15 rings (SSSR count). The Hall–Kier alpha value is -8.86. The highest BCUT2D eigenvalue weighted by Gasteiger charge is 2.48. The van der Waals surface area contributed by atoms with Crippen molar-refractivity contribution in [3.05, 3.63) is 247 Å². The van der Waals surface area contributed by atoms with Gasteiger partial charge in [-0.15, -0.1) is 0 Å². The van der Waals surface area contributed by atoms with E-state index in [0.717, 1.165) is 66.0 Å². The monoisotopic (exact) mass is 851 g/mol. The fourth-order valence-corrected chi connectivity index (χ4v) is 11.9. The van der Waals surface area contributed by atoms with Crippen LogP contribution in [0.1, 0.15) is 22.3 Å². The molecule has 11 aromatic carbocycles. The second-order valence-electron chi connectivity index (χ2n) is 18.0. The second kappa shape index (κ2) is 13.6. The zero-order valence-electron chi connectivity index (χ0n) is 36.1. The van der Waals surface area contributed by atoms with Crippen LogP contribution in [0.5, 0.6) is 0 Å². The van der Waals surface area contributed by atoms with E-state index < -0.39 is 5.41 Å². The minimum atomic E-state index is -0.581. The first-order valence-corrected chi connectivity index (χ1v) is 23.0. The molecule has 0 fully saturated rings. The van der Waals surface area contributed by atoms with Crippen LogP contribution in [-0.4, -0.2) is 14.5 Å². The van der Waals surface area contributed by atoms with Crippen LogP contribution in [0, 0.1) is 0 Å². The third-order valence-electron chi connectivity index (χ3n) is 14.6. The van der Waals surface area contributed by atoms with Gasteiger partial charge in [0.1, 0.15) is 17.0 Å². The number of fused-ring (bicyclic) bond motifs is 17. The lowest BCUT2D eigenvalue weighted by molar-refractivity contribution is 0.669. The zero-order valence-corrected chi connectivity index (χ0v) is 36.1. The van der Waals surface area contributed by atoms with E-state index in [1.165, 1.54) is 65.7 Å². The number of nitrogens with zero attached hydrogens (tertiary/aromatic N) is 3. The summed E-state index contributed by atoms with van der Waals surface area (Å²) in [5, 5.41) is 12.8. The number of furan rings is 1. The summed E-state index contributed by atoms with van der Waals surface area (Å²) in [5.74, 6) is 1.48. The second-order valence-corrected chi connectivity index (χ2v) is 18.0. The molecule has 310 valence electrons. The van der Waals surface area contributed by atoms with Crippen molar-refractivity contribution in [3.8, 4) is 28.3 Å². The van der Waals surface area contributed by atoms with E-state index >= 15 is 0 Å². The van der Waals surface area contributed by atoms with Crippen molar-refractivity contribution in [2.24, 2.45) is 0 Å². The molecule has 4 nitrogen and oxygen atoms in total. The number of hydrogen-bond donors (Lipinski definition) is 0. The van der Waals surface area contributed by atoms with Crippen molar-refractivity contribution < 1.29 is 4.42 Å². The maximum atomic E-state index is 6.42. The SMILES string of the molecule is c1ccc(C2(c3ccccc3)c3ccccc3-c3c2c2ccc4c(c5ccccc5n4-c4nc(-c5ccc6c(c5)oc5ccccc56)nc5cc6ccccc6cc45)c2c2ccccc32)cc1.